The van der Waals surface area contributed by atoms with Gasteiger partial charge >= 0.3 is 0 Å². The molecular weight excluding hydrogens is 475 g/mol. The zero-order valence-electron chi connectivity index (χ0n) is 17.7. The first-order valence-electron chi connectivity index (χ1n) is 10.5. The first kappa shape index (κ1) is 23.7. The summed E-state index contributed by atoms with van der Waals surface area (Å²) in [5.74, 6) is 0.831. The van der Waals surface area contributed by atoms with Crippen molar-refractivity contribution in [2.45, 2.75) is 52.2 Å². The largest absolute Gasteiger partial charge is 0.357 e. The molecule has 1 saturated heterocycles. The van der Waals surface area contributed by atoms with Gasteiger partial charge in [-0.05, 0) is 50.0 Å². The van der Waals surface area contributed by atoms with Gasteiger partial charge in [-0.25, -0.2) is 4.99 Å². The van der Waals surface area contributed by atoms with Crippen molar-refractivity contribution in [3.05, 3.63) is 53.3 Å². The minimum atomic E-state index is 0. The predicted octanol–water partition coefficient (Wildman–Crippen LogP) is 3.67. The van der Waals surface area contributed by atoms with E-state index >= 15 is 0 Å². The van der Waals surface area contributed by atoms with E-state index in [2.05, 4.69) is 51.8 Å². The highest BCUT2D eigenvalue weighted by Gasteiger charge is 2.09. The number of rotatable bonds is 7. The van der Waals surface area contributed by atoms with Gasteiger partial charge in [0.05, 0.1) is 18.8 Å². The molecule has 2 N–H and O–H groups in total. The summed E-state index contributed by atoms with van der Waals surface area (Å²) < 4.78 is 1.87. The molecule has 0 bridgehead atoms. The topological polar surface area (TPSA) is 57.5 Å². The Bertz CT molecular complexity index is 732. The lowest BCUT2D eigenvalue weighted by Gasteiger charge is -2.19. The van der Waals surface area contributed by atoms with Gasteiger partial charge in [0, 0.05) is 26.3 Å². The number of nitrogens with one attached hydrogen (secondary N) is 2. The van der Waals surface area contributed by atoms with E-state index in [1.165, 1.54) is 49.9 Å². The van der Waals surface area contributed by atoms with Gasteiger partial charge in [-0.15, -0.1) is 24.0 Å². The zero-order valence-corrected chi connectivity index (χ0v) is 20.1. The number of halogens is 1. The molecule has 1 aromatic carbocycles. The van der Waals surface area contributed by atoms with Crippen LogP contribution in [0.15, 0.2) is 41.5 Å². The molecular formula is C22H35IN6. The lowest BCUT2D eigenvalue weighted by molar-refractivity contribution is 0.277. The van der Waals surface area contributed by atoms with Crippen LogP contribution in [0.3, 0.4) is 0 Å². The van der Waals surface area contributed by atoms with Crippen LogP contribution >= 0.6 is 24.0 Å². The van der Waals surface area contributed by atoms with Gasteiger partial charge in [0.1, 0.15) is 0 Å². The maximum absolute atomic E-state index is 4.72. The Morgan fingerprint density at radius 3 is 2.31 bits per heavy atom. The van der Waals surface area contributed by atoms with Crippen molar-refractivity contribution in [2.24, 2.45) is 12.0 Å². The Kier molecular flexibility index (Phi) is 10.5. The molecule has 0 atom stereocenters. The van der Waals surface area contributed by atoms with E-state index in [0.717, 1.165) is 24.7 Å². The Balaban J connectivity index is 0.00000300. The van der Waals surface area contributed by atoms with Gasteiger partial charge in [0.15, 0.2) is 5.96 Å². The maximum atomic E-state index is 4.72. The average molecular weight is 510 g/mol. The monoisotopic (exact) mass is 510 g/mol. The molecule has 1 aliphatic heterocycles. The van der Waals surface area contributed by atoms with Crippen molar-refractivity contribution in [3.8, 4) is 0 Å². The van der Waals surface area contributed by atoms with Gasteiger partial charge in [0.2, 0.25) is 0 Å². The molecule has 29 heavy (non-hydrogen) atoms. The normalized spacial score (nSPS) is 15.4. The minimum Gasteiger partial charge on any atom is -0.357 e. The van der Waals surface area contributed by atoms with Crippen LogP contribution in [0.1, 0.15) is 49.4 Å². The second-order valence-corrected chi connectivity index (χ2v) is 7.50. The van der Waals surface area contributed by atoms with Crippen LogP contribution in [-0.2, 0) is 26.7 Å². The van der Waals surface area contributed by atoms with Crippen LogP contribution in [-0.4, -0.2) is 40.3 Å². The lowest BCUT2D eigenvalue weighted by Crippen LogP contribution is -2.37. The van der Waals surface area contributed by atoms with E-state index in [1.54, 1.807) is 0 Å². The Morgan fingerprint density at radius 1 is 1.00 bits per heavy atom. The number of hydrogen-bond acceptors (Lipinski definition) is 3. The van der Waals surface area contributed by atoms with Gasteiger partial charge in [-0.3, -0.25) is 9.58 Å². The highest BCUT2D eigenvalue weighted by atomic mass is 127. The van der Waals surface area contributed by atoms with Crippen molar-refractivity contribution in [3.63, 3.8) is 0 Å². The summed E-state index contributed by atoms with van der Waals surface area (Å²) in [4.78, 5) is 7.31. The van der Waals surface area contributed by atoms with Crippen molar-refractivity contribution >= 4 is 29.9 Å². The molecule has 0 spiro atoms. The first-order chi connectivity index (χ1) is 13.7. The van der Waals surface area contributed by atoms with E-state index in [1.807, 2.05) is 24.0 Å². The number of benzene rings is 1. The van der Waals surface area contributed by atoms with Gasteiger partial charge in [-0.2, -0.15) is 5.10 Å². The van der Waals surface area contributed by atoms with Crippen molar-refractivity contribution in [2.75, 3.05) is 19.6 Å². The quantitative estimate of drug-likeness (QED) is 0.339. The van der Waals surface area contributed by atoms with Crippen molar-refractivity contribution in [1.29, 1.82) is 0 Å². The fourth-order valence-electron chi connectivity index (χ4n) is 3.56. The van der Waals surface area contributed by atoms with Crippen LogP contribution in [0.2, 0.25) is 0 Å². The Labute approximate surface area is 192 Å². The number of aryl methyl sites for hydroxylation is 1. The molecule has 7 heteroatoms. The molecule has 2 heterocycles. The minimum absolute atomic E-state index is 0. The summed E-state index contributed by atoms with van der Waals surface area (Å²) in [6.07, 6.45) is 7.26. The summed E-state index contributed by atoms with van der Waals surface area (Å²) in [6, 6.07) is 10.9. The Morgan fingerprint density at radius 2 is 1.69 bits per heavy atom. The Hall–Kier alpha value is -1.61. The number of nitrogens with zero attached hydrogens (tertiary/aromatic N) is 4. The molecule has 0 amide bonds. The molecule has 0 saturated carbocycles. The third-order valence-corrected chi connectivity index (χ3v) is 5.25. The predicted molar refractivity (Wildman–Crippen MR) is 130 cm³/mol. The molecule has 0 unspecified atom stereocenters. The highest BCUT2D eigenvalue weighted by Crippen LogP contribution is 2.14. The maximum Gasteiger partial charge on any atom is 0.191 e. The number of guanidine groups is 1. The summed E-state index contributed by atoms with van der Waals surface area (Å²) >= 11 is 0. The summed E-state index contributed by atoms with van der Waals surface area (Å²) in [6.45, 7) is 7.84. The summed E-state index contributed by atoms with van der Waals surface area (Å²) in [5, 5.41) is 10.9. The molecule has 0 aliphatic carbocycles. The lowest BCUT2D eigenvalue weighted by atomic mass is 10.1. The van der Waals surface area contributed by atoms with Crippen LogP contribution in [0.5, 0.6) is 0 Å². The third kappa shape index (κ3) is 7.97. The third-order valence-electron chi connectivity index (χ3n) is 5.25. The van der Waals surface area contributed by atoms with E-state index in [4.69, 9.17) is 4.99 Å². The van der Waals surface area contributed by atoms with Crippen LogP contribution < -0.4 is 10.6 Å². The van der Waals surface area contributed by atoms with Crippen LogP contribution in [0.4, 0.5) is 0 Å². The molecule has 2 aromatic rings. The SMILES string of the molecule is CCNC(=NCc1ccc(CN2CCCCCC2)cc1)NCc1ccnn1C.I. The number of likely N-dealkylation sites (tertiary alicyclic amines) is 1. The van der Waals surface area contributed by atoms with Crippen LogP contribution in [0, 0.1) is 0 Å². The van der Waals surface area contributed by atoms with E-state index in [0.29, 0.717) is 13.1 Å². The van der Waals surface area contributed by atoms with E-state index in [-0.39, 0.29) is 24.0 Å². The smallest absolute Gasteiger partial charge is 0.191 e. The summed E-state index contributed by atoms with van der Waals surface area (Å²) in [5.41, 5.74) is 3.76. The molecule has 1 fully saturated rings. The van der Waals surface area contributed by atoms with E-state index in [9.17, 15) is 0 Å². The van der Waals surface area contributed by atoms with E-state index < -0.39 is 0 Å². The standard InChI is InChI=1S/C22H34N6.HI/c1-3-23-22(25-17-21-12-13-26-27(21)2)24-16-19-8-10-20(11-9-19)18-28-14-6-4-5-7-15-28;/h8-13H,3-7,14-18H2,1-2H3,(H2,23,24,25);1H. The van der Waals surface area contributed by atoms with Gasteiger partial charge in [-0.1, -0.05) is 37.1 Å². The van der Waals surface area contributed by atoms with Crippen molar-refractivity contribution < 1.29 is 0 Å². The highest BCUT2D eigenvalue weighted by molar-refractivity contribution is 14.0. The number of aromatic nitrogens is 2. The molecule has 6 nitrogen and oxygen atoms in total. The van der Waals surface area contributed by atoms with Crippen molar-refractivity contribution in [1.82, 2.24) is 25.3 Å². The van der Waals surface area contributed by atoms with Gasteiger partial charge in [0.25, 0.3) is 0 Å². The molecule has 0 radical (unpaired) electrons. The molecule has 3 rings (SSSR count). The molecule has 160 valence electrons. The molecule has 1 aliphatic rings. The van der Waals surface area contributed by atoms with Gasteiger partial charge < -0.3 is 10.6 Å². The number of hydrogen-bond donors (Lipinski definition) is 2. The van der Waals surface area contributed by atoms with Crippen LogP contribution in [0.25, 0.3) is 0 Å². The zero-order chi connectivity index (χ0) is 19.6. The fourth-order valence-corrected chi connectivity index (χ4v) is 3.56. The molecule has 1 aromatic heterocycles. The second-order valence-electron chi connectivity index (χ2n) is 7.50. The fraction of sp³-hybridized carbons (Fsp3) is 0.545. The second kappa shape index (κ2) is 12.8. The average Bonchev–Trinajstić information content (AvgIpc) is 2.95. The number of aliphatic imine (C=N–C) groups is 1. The summed E-state index contributed by atoms with van der Waals surface area (Å²) in [7, 11) is 1.95. The first-order valence-corrected chi connectivity index (χ1v) is 10.5.